The highest BCUT2D eigenvalue weighted by molar-refractivity contribution is 8.01. The van der Waals surface area contributed by atoms with Crippen LogP contribution in [0.2, 0.25) is 0 Å². The molecule has 7 nitrogen and oxygen atoms in total. The van der Waals surface area contributed by atoms with Crippen LogP contribution in [0, 0.1) is 5.82 Å². The zero-order valence-corrected chi connectivity index (χ0v) is 15.0. The first kappa shape index (κ1) is 20.9. The van der Waals surface area contributed by atoms with E-state index in [0.717, 1.165) is 11.8 Å². The fourth-order valence-electron chi connectivity index (χ4n) is 1.82. The molecular weight excluding hydrogens is 351 g/mol. The topological polar surface area (TPSA) is 105 Å². The molecule has 0 radical (unpaired) electrons. The number of carbonyl (C=O) groups is 3. The van der Waals surface area contributed by atoms with Crippen molar-refractivity contribution in [2.45, 2.75) is 24.6 Å². The number of thioether (sulfide) groups is 1. The van der Waals surface area contributed by atoms with Gasteiger partial charge in [0.1, 0.15) is 5.82 Å². The fourth-order valence-corrected chi connectivity index (χ4v) is 2.50. The van der Waals surface area contributed by atoms with Crippen molar-refractivity contribution in [1.82, 2.24) is 5.32 Å². The summed E-state index contributed by atoms with van der Waals surface area (Å²) < 4.78 is 17.6. The lowest BCUT2D eigenvalue weighted by Gasteiger charge is -2.26. The second-order valence-electron chi connectivity index (χ2n) is 5.57. The lowest BCUT2D eigenvalue weighted by molar-refractivity contribution is -0.149. The fraction of sp³-hybridized carbons (Fsp3) is 0.438. The molecule has 2 unspecified atom stereocenters. The Morgan fingerprint density at radius 1 is 1.32 bits per heavy atom. The van der Waals surface area contributed by atoms with Gasteiger partial charge in [-0.1, -0.05) is 0 Å². The molecule has 0 bridgehead atoms. The average molecular weight is 372 g/mol. The minimum Gasteiger partial charge on any atom is -0.479 e. The van der Waals surface area contributed by atoms with Gasteiger partial charge in [-0.15, -0.1) is 11.8 Å². The van der Waals surface area contributed by atoms with Gasteiger partial charge in [0, 0.05) is 12.8 Å². The predicted molar refractivity (Wildman–Crippen MR) is 93.0 cm³/mol. The van der Waals surface area contributed by atoms with E-state index in [1.807, 2.05) is 0 Å². The van der Waals surface area contributed by atoms with Gasteiger partial charge in [0.2, 0.25) is 11.8 Å². The number of amides is 2. The molecule has 138 valence electrons. The molecule has 0 aliphatic carbocycles. The number of carboxylic acids is 1. The quantitative estimate of drug-likeness (QED) is 0.607. The van der Waals surface area contributed by atoms with Crippen LogP contribution in [0.3, 0.4) is 0 Å². The first-order valence-corrected chi connectivity index (χ1v) is 8.44. The van der Waals surface area contributed by atoms with Crippen molar-refractivity contribution in [3.8, 4) is 0 Å². The molecular formula is C16H21FN2O5S. The molecule has 1 aromatic rings. The van der Waals surface area contributed by atoms with Crippen molar-refractivity contribution in [3.63, 3.8) is 0 Å². The van der Waals surface area contributed by atoms with E-state index < -0.39 is 28.5 Å². The van der Waals surface area contributed by atoms with E-state index >= 15 is 0 Å². The number of aliphatic carboxylic acids is 1. The molecule has 3 N–H and O–H groups in total. The summed E-state index contributed by atoms with van der Waals surface area (Å²) in [5, 5.41) is 13.6. The molecule has 2 amide bonds. The minimum absolute atomic E-state index is 0.0139. The molecule has 1 rings (SSSR count). The Bertz CT molecular complexity index is 625. The highest BCUT2D eigenvalue weighted by Crippen LogP contribution is 2.15. The van der Waals surface area contributed by atoms with Gasteiger partial charge in [-0.3, -0.25) is 9.59 Å². The van der Waals surface area contributed by atoms with Crippen LogP contribution < -0.4 is 10.6 Å². The molecule has 9 heteroatoms. The van der Waals surface area contributed by atoms with Crippen LogP contribution in [-0.2, 0) is 19.1 Å². The molecule has 0 aromatic heterocycles. The van der Waals surface area contributed by atoms with Crippen molar-refractivity contribution >= 4 is 35.2 Å². The van der Waals surface area contributed by atoms with E-state index in [4.69, 9.17) is 4.74 Å². The predicted octanol–water partition coefficient (Wildman–Crippen LogP) is 1.49. The lowest BCUT2D eigenvalue weighted by atomic mass is 10.0. The summed E-state index contributed by atoms with van der Waals surface area (Å²) in [5.41, 5.74) is -1.10. The second-order valence-corrected chi connectivity index (χ2v) is 6.90. The Kier molecular flexibility index (Phi) is 7.85. The molecule has 2 atom stereocenters. The summed E-state index contributed by atoms with van der Waals surface area (Å²) >= 11 is 1.05. The first-order chi connectivity index (χ1) is 11.7. The maximum absolute atomic E-state index is 12.8. The Hall–Kier alpha value is -2.13. The van der Waals surface area contributed by atoms with E-state index in [0.29, 0.717) is 5.69 Å². The first-order valence-electron chi connectivity index (χ1n) is 7.39. The van der Waals surface area contributed by atoms with Crippen LogP contribution in [0.5, 0.6) is 0 Å². The zero-order chi connectivity index (χ0) is 19.0. The van der Waals surface area contributed by atoms with E-state index in [1.54, 1.807) is 6.92 Å². The molecule has 0 heterocycles. The molecule has 0 aliphatic heterocycles. The number of benzene rings is 1. The third kappa shape index (κ3) is 6.71. The number of halogens is 1. The van der Waals surface area contributed by atoms with E-state index in [2.05, 4.69) is 10.6 Å². The summed E-state index contributed by atoms with van der Waals surface area (Å²) in [6, 6.07) is 5.30. The lowest BCUT2D eigenvalue weighted by Crippen LogP contribution is -2.57. The molecule has 1 aromatic carbocycles. The normalized spacial score (nSPS) is 14.2. The van der Waals surface area contributed by atoms with Crippen LogP contribution >= 0.6 is 11.8 Å². The second kappa shape index (κ2) is 9.38. The third-order valence-electron chi connectivity index (χ3n) is 3.27. The van der Waals surface area contributed by atoms with Gasteiger partial charge < -0.3 is 20.5 Å². The largest absolute Gasteiger partial charge is 0.479 e. The van der Waals surface area contributed by atoms with Crippen LogP contribution in [0.25, 0.3) is 0 Å². The molecule has 0 aliphatic rings. The zero-order valence-electron chi connectivity index (χ0n) is 14.2. The van der Waals surface area contributed by atoms with Crippen LogP contribution in [-0.4, -0.2) is 53.1 Å². The van der Waals surface area contributed by atoms with Crippen LogP contribution in [0.15, 0.2) is 24.3 Å². The maximum atomic E-state index is 12.8. The summed E-state index contributed by atoms with van der Waals surface area (Å²) in [7, 11) is 1.34. The third-order valence-corrected chi connectivity index (χ3v) is 4.41. The Balaban J connectivity index is 2.50. The van der Waals surface area contributed by atoms with Gasteiger partial charge in [0.15, 0.2) is 5.54 Å². The number of ether oxygens (including phenoxy) is 1. The van der Waals surface area contributed by atoms with Gasteiger partial charge in [-0.25, -0.2) is 9.18 Å². The number of hydrogen-bond acceptors (Lipinski definition) is 5. The van der Waals surface area contributed by atoms with Gasteiger partial charge in [-0.2, -0.15) is 0 Å². The molecule has 0 saturated heterocycles. The molecule has 0 saturated carbocycles. The summed E-state index contributed by atoms with van der Waals surface area (Å²) in [6.45, 7) is 2.73. The highest BCUT2D eigenvalue weighted by atomic mass is 32.2. The highest BCUT2D eigenvalue weighted by Gasteiger charge is 2.36. The van der Waals surface area contributed by atoms with Crippen molar-refractivity contribution in [3.05, 3.63) is 30.1 Å². The van der Waals surface area contributed by atoms with Gasteiger partial charge in [-0.05, 0) is 38.1 Å². The van der Waals surface area contributed by atoms with Crippen LogP contribution in [0.1, 0.15) is 13.8 Å². The van der Waals surface area contributed by atoms with E-state index in [1.165, 1.54) is 38.3 Å². The summed E-state index contributed by atoms with van der Waals surface area (Å²) in [5.74, 6) is -2.50. The van der Waals surface area contributed by atoms with Gasteiger partial charge >= 0.3 is 5.97 Å². The molecule has 0 fully saturated rings. The maximum Gasteiger partial charge on any atom is 0.331 e. The SMILES string of the molecule is COCC(C)(NC(=O)C(C)SCC(=O)Nc1ccc(F)cc1)C(=O)O. The Morgan fingerprint density at radius 2 is 1.92 bits per heavy atom. The Morgan fingerprint density at radius 3 is 2.44 bits per heavy atom. The molecule has 0 spiro atoms. The number of carboxylic acid groups (broad SMARTS) is 1. The number of carbonyl (C=O) groups excluding carboxylic acids is 2. The summed E-state index contributed by atoms with van der Waals surface area (Å²) in [4.78, 5) is 35.2. The Labute approximate surface area is 149 Å². The minimum atomic E-state index is -1.54. The standard InChI is InChI=1S/C16H21FN2O5S/c1-10(14(21)19-16(2,9-24-3)15(22)23)25-8-13(20)18-12-6-4-11(17)5-7-12/h4-7,10H,8-9H2,1-3H3,(H,18,20)(H,19,21)(H,22,23). The number of methoxy groups -OCH3 is 1. The van der Waals surface area contributed by atoms with Crippen molar-refractivity contribution < 1.29 is 28.6 Å². The number of nitrogens with one attached hydrogen (secondary N) is 2. The van der Waals surface area contributed by atoms with E-state index in [9.17, 15) is 23.9 Å². The van der Waals surface area contributed by atoms with Crippen molar-refractivity contribution in [2.24, 2.45) is 0 Å². The smallest absolute Gasteiger partial charge is 0.331 e. The summed E-state index contributed by atoms with van der Waals surface area (Å²) in [6.07, 6.45) is 0. The number of rotatable bonds is 9. The number of anilines is 1. The van der Waals surface area contributed by atoms with E-state index in [-0.39, 0.29) is 18.3 Å². The van der Waals surface area contributed by atoms with Crippen molar-refractivity contribution in [1.29, 1.82) is 0 Å². The van der Waals surface area contributed by atoms with Gasteiger partial charge in [0.05, 0.1) is 17.6 Å². The average Bonchev–Trinajstić information content (AvgIpc) is 2.54. The monoisotopic (exact) mass is 372 g/mol. The van der Waals surface area contributed by atoms with Crippen LogP contribution in [0.4, 0.5) is 10.1 Å². The van der Waals surface area contributed by atoms with Gasteiger partial charge in [0.25, 0.3) is 0 Å². The number of hydrogen-bond donors (Lipinski definition) is 3. The molecule has 25 heavy (non-hydrogen) atoms. The van der Waals surface area contributed by atoms with Crippen molar-refractivity contribution in [2.75, 3.05) is 24.8 Å².